The molecule has 0 amide bonds. The predicted octanol–water partition coefficient (Wildman–Crippen LogP) is 2.85. The summed E-state index contributed by atoms with van der Waals surface area (Å²) in [5.74, 6) is 0.541. The fourth-order valence-electron chi connectivity index (χ4n) is 2.80. The molecular formula is C15H19N3. The molecule has 0 spiro atoms. The lowest BCUT2D eigenvalue weighted by Crippen LogP contribution is -2.28. The second-order valence-electron chi connectivity index (χ2n) is 5.02. The van der Waals surface area contributed by atoms with E-state index in [1.807, 2.05) is 0 Å². The van der Waals surface area contributed by atoms with E-state index in [1.54, 1.807) is 0 Å². The first-order valence-corrected chi connectivity index (χ1v) is 6.67. The van der Waals surface area contributed by atoms with E-state index in [-0.39, 0.29) is 0 Å². The van der Waals surface area contributed by atoms with Gasteiger partial charge in [-0.15, -0.1) is 0 Å². The zero-order valence-corrected chi connectivity index (χ0v) is 10.7. The third-order valence-corrected chi connectivity index (χ3v) is 3.72. The van der Waals surface area contributed by atoms with E-state index in [0.29, 0.717) is 5.92 Å². The van der Waals surface area contributed by atoms with Crippen molar-refractivity contribution < 1.29 is 0 Å². The van der Waals surface area contributed by atoms with E-state index in [4.69, 9.17) is 0 Å². The standard InChI is InChI=1S/C15H19N3/c1-11-14(12-6-3-2-4-7-12)15(18-17-11)13-8-5-9-16-10-13/h2-4,6-7,13,16H,5,8-10H2,1H3,(H,17,18). The van der Waals surface area contributed by atoms with Gasteiger partial charge in [0, 0.05) is 23.7 Å². The van der Waals surface area contributed by atoms with Crippen molar-refractivity contribution in [1.82, 2.24) is 15.5 Å². The number of hydrogen-bond acceptors (Lipinski definition) is 2. The maximum atomic E-state index is 4.55. The molecule has 0 saturated carbocycles. The second-order valence-corrected chi connectivity index (χ2v) is 5.02. The third-order valence-electron chi connectivity index (χ3n) is 3.72. The van der Waals surface area contributed by atoms with E-state index in [0.717, 1.165) is 13.1 Å². The van der Waals surface area contributed by atoms with Crippen LogP contribution in [0.4, 0.5) is 0 Å². The van der Waals surface area contributed by atoms with E-state index >= 15 is 0 Å². The van der Waals surface area contributed by atoms with Gasteiger partial charge in [-0.05, 0) is 31.9 Å². The van der Waals surface area contributed by atoms with Crippen LogP contribution in [0.2, 0.25) is 0 Å². The van der Waals surface area contributed by atoms with Gasteiger partial charge in [0.2, 0.25) is 0 Å². The van der Waals surface area contributed by atoms with E-state index in [9.17, 15) is 0 Å². The fourth-order valence-corrected chi connectivity index (χ4v) is 2.80. The monoisotopic (exact) mass is 241 g/mol. The Morgan fingerprint density at radius 3 is 2.78 bits per heavy atom. The fraction of sp³-hybridized carbons (Fsp3) is 0.400. The summed E-state index contributed by atoms with van der Waals surface area (Å²) in [6, 6.07) is 10.6. The molecule has 3 heteroatoms. The summed E-state index contributed by atoms with van der Waals surface area (Å²) in [7, 11) is 0. The molecule has 3 rings (SSSR count). The van der Waals surface area contributed by atoms with Crippen molar-refractivity contribution in [1.29, 1.82) is 0 Å². The first-order valence-electron chi connectivity index (χ1n) is 6.67. The molecule has 2 aromatic rings. The number of piperidine rings is 1. The summed E-state index contributed by atoms with van der Waals surface area (Å²) >= 11 is 0. The Kier molecular flexibility index (Phi) is 3.15. The normalized spacial score (nSPS) is 19.9. The summed E-state index contributed by atoms with van der Waals surface area (Å²) in [6.45, 7) is 4.29. The summed E-state index contributed by atoms with van der Waals surface area (Å²) in [5, 5.41) is 11.2. The van der Waals surface area contributed by atoms with Gasteiger partial charge in [-0.2, -0.15) is 5.10 Å². The molecular weight excluding hydrogens is 222 g/mol. The smallest absolute Gasteiger partial charge is 0.0746 e. The lowest BCUT2D eigenvalue weighted by molar-refractivity contribution is 0.455. The van der Waals surface area contributed by atoms with Crippen molar-refractivity contribution in [2.45, 2.75) is 25.7 Å². The molecule has 1 aliphatic rings. The zero-order valence-electron chi connectivity index (χ0n) is 10.7. The summed E-state index contributed by atoms with van der Waals surface area (Å²) in [6.07, 6.45) is 2.47. The lowest BCUT2D eigenvalue weighted by atomic mass is 9.90. The van der Waals surface area contributed by atoms with Crippen molar-refractivity contribution in [2.24, 2.45) is 0 Å². The van der Waals surface area contributed by atoms with Gasteiger partial charge in [-0.1, -0.05) is 30.3 Å². The molecule has 2 heterocycles. The Balaban J connectivity index is 2.01. The maximum Gasteiger partial charge on any atom is 0.0746 e. The van der Waals surface area contributed by atoms with Crippen LogP contribution in [0, 0.1) is 6.92 Å². The Bertz CT molecular complexity index is 510. The summed E-state index contributed by atoms with van der Waals surface area (Å²) in [5.41, 5.74) is 4.96. The number of H-pyrrole nitrogens is 1. The molecule has 0 radical (unpaired) electrons. The molecule has 1 fully saturated rings. The second kappa shape index (κ2) is 4.94. The number of nitrogens with zero attached hydrogens (tertiary/aromatic N) is 1. The number of nitrogens with one attached hydrogen (secondary N) is 2. The van der Waals surface area contributed by atoms with Crippen molar-refractivity contribution in [3.05, 3.63) is 41.7 Å². The minimum atomic E-state index is 0.541. The van der Waals surface area contributed by atoms with Crippen LogP contribution in [0.15, 0.2) is 30.3 Å². The van der Waals surface area contributed by atoms with Gasteiger partial charge in [-0.3, -0.25) is 5.10 Å². The van der Waals surface area contributed by atoms with Gasteiger partial charge in [-0.25, -0.2) is 0 Å². The van der Waals surface area contributed by atoms with E-state index in [1.165, 1.54) is 35.4 Å². The molecule has 94 valence electrons. The third kappa shape index (κ3) is 2.06. The van der Waals surface area contributed by atoms with Crippen molar-refractivity contribution in [2.75, 3.05) is 13.1 Å². The highest BCUT2D eigenvalue weighted by atomic mass is 15.1. The van der Waals surface area contributed by atoms with Crippen LogP contribution in [-0.4, -0.2) is 23.3 Å². The molecule has 1 saturated heterocycles. The number of aryl methyl sites for hydroxylation is 1. The van der Waals surface area contributed by atoms with Crippen LogP contribution in [0.3, 0.4) is 0 Å². The number of aromatic amines is 1. The summed E-state index contributed by atoms with van der Waals surface area (Å²) in [4.78, 5) is 0. The van der Waals surface area contributed by atoms with E-state index < -0.39 is 0 Å². The highest BCUT2D eigenvalue weighted by Gasteiger charge is 2.22. The Hall–Kier alpha value is -1.61. The predicted molar refractivity (Wildman–Crippen MR) is 73.6 cm³/mol. The zero-order chi connectivity index (χ0) is 12.4. The Labute approximate surface area is 108 Å². The topological polar surface area (TPSA) is 40.7 Å². The van der Waals surface area contributed by atoms with Crippen molar-refractivity contribution >= 4 is 0 Å². The molecule has 1 aromatic heterocycles. The highest BCUT2D eigenvalue weighted by molar-refractivity contribution is 5.69. The molecule has 2 N–H and O–H groups in total. The van der Waals surface area contributed by atoms with Crippen LogP contribution < -0.4 is 5.32 Å². The minimum Gasteiger partial charge on any atom is -0.316 e. The van der Waals surface area contributed by atoms with Crippen LogP contribution in [-0.2, 0) is 0 Å². The molecule has 3 nitrogen and oxygen atoms in total. The molecule has 1 unspecified atom stereocenters. The number of rotatable bonds is 2. The average Bonchev–Trinajstić information content (AvgIpc) is 2.83. The van der Waals surface area contributed by atoms with Crippen LogP contribution >= 0.6 is 0 Å². The van der Waals surface area contributed by atoms with Gasteiger partial charge >= 0.3 is 0 Å². The van der Waals surface area contributed by atoms with Crippen molar-refractivity contribution in [3.63, 3.8) is 0 Å². The molecule has 1 aromatic carbocycles. The maximum absolute atomic E-state index is 4.55. The average molecular weight is 241 g/mol. The van der Waals surface area contributed by atoms with Gasteiger partial charge in [0.25, 0.3) is 0 Å². The lowest BCUT2D eigenvalue weighted by Gasteiger charge is -2.22. The first-order chi connectivity index (χ1) is 8.86. The van der Waals surface area contributed by atoms with Crippen LogP contribution in [0.1, 0.15) is 30.1 Å². The molecule has 0 bridgehead atoms. The van der Waals surface area contributed by atoms with Gasteiger partial charge in [0.15, 0.2) is 0 Å². The summed E-state index contributed by atoms with van der Waals surface area (Å²) < 4.78 is 0. The molecule has 0 aliphatic carbocycles. The number of benzene rings is 1. The van der Waals surface area contributed by atoms with Gasteiger partial charge < -0.3 is 5.32 Å². The quantitative estimate of drug-likeness (QED) is 0.848. The van der Waals surface area contributed by atoms with E-state index in [2.05, 4.69) is 52.8 Å². The number of hydrogen-bond donors (Lipinski definition) is 2. The Morgan fingerprint density at radius 1 is 1.22 bits per heavy atom. The highest BCUT2D eigenvalue weighted by Crippen LogP contribution is 2.33. The van der Waals surface area contributed by atoms with Crippen molar-refractivity contribution in [3.8, 4) is 11.1 Å². The van der Waals surface area contributed by atoms with Crippen LogP contribution in [0.25, 0.3) is 11.1 Å². The molecule has 18 heavy (non-hydrogen) atoms. The van der Waals surface area contributed by atoms with Crippen LogP contribution in [0.5, 0.6) is 0 Å². The molecule has 1 atom stereocenters. The largest absolute Gasteiger partial charge is 0.316 e. The first kappa shape index (κ1) is 11.5. The minimum absolute atomic E-state index is 0.541. The Morgan fingerprint density at radius 2 is 2.06 bits per heavy atom. The van der Waals surface area contributed by atoms with Gasteiger partial charge in [0.05, 0.1) is 5.69 Å². The van der Waals surface area contributed by atoms with Gasteiger partial charge in [0.1, 0.15) is 0 Å². The number of aromatic nitrogens is 2. The molecule has 1 aliphatic heterocycles. The SMILES string of the molecule is Cc1[nH]nc(C2CCCNC2)c1-c1ccccc1.